The third-order valence-corrected chi connectivity index (χ3v) is 2.54. The van der Waals surface area contributed by atoms with Gasteiger partial charge in [0.15, 0.2) is 11.5 Å². The number of rotatable bonds is 7. The fourth-order valence-electron chi connectivity index (χ4n) is 1.87. The normalized spacial score (nSPS) is 11.7. The van der Waals surface area contributed by atoms with E-state index in [0.717, 1.165) is 17.1 Å². The van der Waals surface area contributed by atoms with Gasteiger partial charge in [0.2, 0.25) is 0 Å². The third kappa shape index (κ3) is 5.07. The second kappa shape index (κ2) is 7.51. The van der Waals surface area contributed by atoms with Crippen LogP contribution in [-0.4, -0.2) is 25.3 Å². The summed E-state index contributed by atoms with van der Waals surface area (Å²) >= 11 is 0. The molecule has 5 nitrogen and oxygen atoms in total. The standard InChI is InChI=1S/C14H22N2O3/c1-4-18-12-7-6-11(9-13(12)19-5-2)8-10(3)16-14(15)17/h6-7,9-10H,4-5,8H2,1-3H3,(H3,15,16,17). The highest BCUT2D eigenvalue weighted by Crippen LogP contribution is 2.28. The number of carbonyl (C=O) groups excluding carboxylic acids is 1. The number of amides is 2. The lowest BCUT2D eigenvalue weighted by molar-refractivity contribution is 0.246. The zero-order valence-electron chi connectivity index (χ0n) is 11.7. The monoisotopic (exact) mass is 266 g/mol. The molecule has 0 saturated heterocycles. The zero-order valence-corrected chi connectivity index (χ0v) is 11.7. The Kier molecular flexibility index (Phi) is 5.99. The van der Waals surface area contributed by atoms with Crippen LogP contribution in [0.5, 0.6) is 11.5 Å². The van der Waals surface area contributed by atoms with Gasteiger partial charge in [-0.05, 0) is 44.9 Å². The Morgan fingerprint density at radius 3 is 2.47 bits per heavy atom. The third-order valence-electron chi connectivity index (χ3n) is 2.54. The van der Waals surface area contributed by atoms with Gasteiger partial charge in [0.05, 0.1) is 13.2 Å². The number of primary amides is 1. The van der Waals surface area contributed by atoms with Crippen LogP contribution in [0, 0.1) is 0 Å². The Bertz CT molecular complexity index is 421. The van der Waals surface area contributed by atoms with Crippen LogP contribution in [0.2, 0.25) is 0 Å². The van der Waals surface area contributed by atoms with E-state index in [0.29, 0.717) is 19.6 Å². The molecule has 0 aliphatic rings. The van der Waals surface area contributed by atoms with Crippen molar-refractivity contribution in [2.24, 2.45) is 5.73 Å². The number of hydrogen-bond donors (Lipinski definition) is 2. The molecule has 0 radical (unpaired) electrons. The summed E-state index contributed by atoms with van der Waals surface area (Å²) in [4.78, 5) is 10.8. The minimum absolute atomic E-state index is 0.0232. The van der Waals surface area contributed by atoms with Gasteiger partial charge in [-0.15, -0.1) is 0 Å². The number of urea groups is 1. The van der Waals surface area contributed by atoms with E-state index in [-0.39, 0.29) is 6.04 Å². The average molecular weight is 266 g/mol. The van der Waals surface area contributed by atoms with Crippen LogP contribution in [0.15, 0.2) is 18.2 Å². The molecule has 1 rings (SSSR count). The fraction of sp³-hybridized carbons (Fsp3) is 0.500. The molecule has 1 atom stereocenters. The lowest BCUT2D eigenvalue weighted by Gasteiger charge is -2.15. The number of ether oxygens (including phenoxy) is 2. The largest absolute Gasteiger partial charge is 0.490 e. The van der Waals surface area contributed by atoms with Gasteiger partial charge in [-0.2, -0.15) is 0 Å². The van der Waals surface area contributed by atoms with Gasteiger partial charge >= 0.3 is 6.03 Å². The maximum Gasteiger partial charge on any atom is 0.312 e. The van der Waals surface area contributed by atoms with Crippen molar-refractivity contribution in [3.05, 3.63) is 23.8 Å². The molecular weight excluding hydrogens is 244 g/mol. The molecule has 1 aromatic carbocycles. The summed E-state index contributed by atoms with van der Waals surface area (Å²) < 4.78 is 11.1. The van der Waals surface area contributed by atoms with E-state index in [9.17, 15) is 4.79 Å². The fourth-order valence-corrected chi connectivity index (χ4v) is 1.87. The van der Waals surface area contributed by atoms with Crippen molar-refractivity contribution in [3.8, 4) is 11.5 Å². The molecule has 3 N–H and O–H groups in total. The minimum Gasteiger partial charge on any atom is -0.490 e. The molecule has 0 aromatic heterocycles. The van der Waals surface area contributed by atoms with Crippen LogP contribution >= 0.6 is 0 Å². The summed E-state index contributed by atoms with van der Waals surface area (Å²) in [6, 6.07) is 5.26. The zero-order chi connectivity index (χ0) is 14.3. The number of carbonyl (C=O) groups is 1. The van der Waals surface area contributed by atoms with Gasteiger partial charge in [0.1, 0.15) is 0 Å². The molecule has 0 saturated carbocycles. The Hall–Kier alpha value is -1.91. The van der Waals surface area contributed by atoms with Crippen molar-refractivity contribution in [2.45, 2.75) is 33.2 Å². The number of benzene rings is 1. The molecule has 1 aromatic rings. The van der Waals surface area contributed by atoms with E-state index in [4.69, 9.17) is 15.2 Å². The quantitative estimate of drug-likeness (QED) is 0.793. The second-order valence-corrected chi connectivity index (χ2v) is 4.26. The van der Waals surface area contributed by atoms with Gasteiger partial charge in [-0.1, -0.05) is 6.07 Å². The SMILES string of the molecule is CCOc1ccc(CC(C)NC(N)=O)cc1OCC. The van der Waals surface area contributed by atoms with Gasteiger partial charge in [0.25, 0.3) is 0 Å². The van der Waals surface area contributed by atoms with Gasteiger partial charge in [-0.25, -0.2) is 4.79 Å². The van der Waals surface area contributed by atoms with E-state index in [1.165, 1.54) is 0 Å². The van der Waals surface area contributed by atoms with E-state index < -0.39 is 6.03 Å². The lowest BCUT2D eigenvalue weighted by Crippen LogP contribution is -2.37. The summed E-state index contributed by atoms with van der Waals surface area (Å²) in [5, 5.41) is 2.65. The minimum atomic E-state index is -0.511. The second-order valence-electron chi connectivity index (χ2n) is 4.26. The molecule has 2 amide bonds. The summed E-state index contributed by atoms with van der Waals surface area (Å²) in [6.07, 6.45) is 0.690. The summed E-state index contributed by atoms with van der Waals surface area (Å²) in [6.45, 7) is 6.95. The van der Waals surface area contributed by atoms with Crippen LogP contribution in [-0.2, 0) is 6.42 Å². The summed E-state index contributed by atoms with van der Waals surface area (Å²) in [5.41, 5.74) is 6.16. The van der Waals surface area contributed by atoms with Crippen molar-refractivity contribution in [3.63, 3.8) is 0 Å². The van der Waals surface area contributed by atoms with Crippen LogP contribution in [0.4, 0.5) is 4.79 Å². The molecule has 5 heteroatoms. The van der Waals surface area contributed by atoms with Gasteiger partial charge in [-0.3, -0.25) is 0 Å². The maximum absolute atomic E-state index is 10.8. The number of nitrogens with one attached hydrogen (secondary N) is 1. The molecule has 0 spiro atoms. The van der Waals surface area contributed by atoms with Crippen molar-refractivity contribution < 1.29 is 14.3 Å². The van der Waals surface area contributed by atoms with E-state index in [2.05, 4.69) is 5.32 Å². The Balaban J connectivity index is 2.79. The number of nitrogens with two attached hydrogens (primary N) is 1. The molecule has 106 valence electrons. The maximum atomic E-state index is 10.8. The highest BCUT2D eigenvalue weighted by molar-refractivity contribution is 5.71. The molecule has 0 aliphatic heterocycles. The van der Waals surface area contributed by atoms with E-state index in [1.54, 1.807) is 0 Å². The Morgan fingerprint density at radius 1 is 1.26 bits per heavy atom. The molecule has 19 heavy (non-hydrogen) atoms. The lowest BCUT2D eigenvalue weighted by atomic mass is 10.1. The molecule has 1 unspecified atom stereocenters. The van der Waals surface area contributed by atoms with Crippen LogP contribution in [0.25, 0.3) is 0 Å². The average Bonchev–Trinajstić information content (AvgIpc) is 2.32. The predicted octanol–water partition coefficient (Wildman–Crippen LogP) is 2.08. The van der Waals surface area contributed by atoms with Crippen LogP contribution in [0.1, 0.15) is 26.3 Å². The van der Waals surface area contributed by atoms with Crippen molar-refractivity contribution in [1.29, 1.82) is 0 Å². The highest BCUT2D eigenvalue weighted by atomic mass is 16.5. The molecular formula is C14H22N2O3. The first-order valence-corrected chi connectivity index (χ1v) is 6.51. The topological polar surface area (TPSA) is 73.6 Å². The number of hydrogen-bond acceptors (Lipinski definition) is 3. The van der Waals surface area contributed by atoms with Crippen molar-refractivity contribution >= 4 is 6.03 Å². The first kappa shape index (κ1) is 15.1. The molecule has 0 heterocycles. The Labute approximate surface area is 114 Å². The smallest absolute Gasteiger partial charge is 0.312 e. The van der Waals surface area contributed by atoms with Crippen LogP contribution < -0.4 is 20.5 Å². The molecule has 0 aliphatic carbocycles. The van der Waals surface area contributed by atoms with Crippen molar-refractivity contribution in [1.82, 2.24) is 5.32 Å². The first-order valence-electron chi connectivity index (χ1n) is 6.51. The molecule has 0 bridgehead atoms. The van der Waals surface area contributed by atoms with E-state index >= 15 is 0 Å². The summed E-state index contributed by atoms with van der Waals surface area (Å²) in [5.74, 6) is 1.47. The Morgan fingerprint density at radius 2 is 1.89 bits per heavy atom. The van der Waals surface area contributed by atoms with Crippen LogP contribution in [0.3, 0.4) is 0 Å². The highest BCUT2D eigenvalue weighted by Gasteiger charge is 2.09. The van der Waals surface area contributed by atoms with Gasteiger partial charge in [0, 0.05) is 6.04 Å². The van der Waals surface area contributed by atoms with E-state index in [1.807, 2.05) is 39.0 Å². The molecule has 0 fully saturated rings. The predicted molar refractivity (Wildman–Crippen MR) is 74.7 cm³/mol. The first-order chi connectivity index (χ1) is 9.06. The summed E-state index contributed by atoms with van der Waals surface area (Å²) in [7, 11) is 0. The van der Waals surface area contributed by atoms with Crippen molar-refractivity contribution in [2.75, 3.05) is 13.2 Å². The van der Waals surface area contributed by atoms with Gasteiger partial charge < -0.3 is 20.5 Å².